The first-order valence-corrected chi connectivity index (χ1v) is 4.72. The van der Waals surface area contributed by atoms with Crippen LogP contribution in [0.3, 0.4) is 0 Å². The van der Waals surface area contributed by atoms with Gasteiger partial charge in [-0.25, -0.2) is 0 Å². The molecule has 0 aliphatic rings. The number of aromatic nitrogens is 1. The molecule has 0 aliphatic carbocycles. The standard InChI is InChI=1S/C9H7NO3S/c1-13-7-3-8(12)10-9-6(7)2-5(4-11)14-9/h2-4H,1H3,(H,10,12). The van der Waals surface area contributed by atoms with E-state index < -0.39 is 0 Å². The lowest BCUT2D eigenvalue weighted by Crippen LogP contribution is -2.03. The summed E-state index contributed by atoms with van der Waals surface area (Å²) in [7, 11) is 1.49. The zero-order valence-corrected chi connectivity index (χ0v) is 8.18. The van der Waals surface area contributed by atoms with Crippen molar-refractivity contribution in [3.63, 3.8) is 0 Å². The molecule has 0 atom stereocenters. The van der Waals surface area contributed by atoms with Crippen molar-refractivity contribution in [1.29, 1.82) is 0 Å². The van der Waals surface area contributed by atoms with E-state index in [1.165, 1.54) is 24.5 Å². The van der Waals surface area contributed by atoms with Crippen LogP contribution in [0.4, 0.5) is 0 Å². The molecule has 14 heavy (non-hydrogen) atoms. The number of carbonyl (C=O) groups excluding carboxylic acids is 1. The number of ether oxygens (including phenoxy) is 1. The fourth-order valence-corrected chi connectivity index (χ4v) is 2.14. The van der Waals surface area contributed by atoms with E-state index in [1.807, 2.05) is 0 Å². The Bertz CT molecular complexity index is 540. The van der Waals surface area contributed by atoms with Crippen molar-refractivity contribution in [1.82, 2.24) is 4.98 Å². The van der Waals surface area contributed by atoms with Crippen molar-refractivity contribution >= 4 is 27.8 Å². The number of rotatable bonds is 2. The lowest BCUT2D eigenvalue weighted by atomic mass is 10.3. The topological polar surface area (TPSA) is 59.2 Å². The second kappa shape index (κ2) is 3.26. The predicted molar refractivity (Wildman–Crippen MR) is 54.4 cm³/mol. The molecule has 0 amide bonds. The average molecular weight is 209 g/mol. The summed E-state index contributed by atoms with van der Waals surface area (Å²) in [5.74, 6) is 0.494. The van der Waals surface area contributed by atoms with Gasteiger partial charge in [0.2, 0.25) is 0 Å². The zero-order chi connectivity index (χ0) is 10.1. The minimum absolute atomic E-state index is 0.228. The maximum absolute atomic E-state index is 11.1. The van der Waals surface area contributed by atoms with E-state index in [1.54, 1.807) is 6.07 Å². The average Bonchev–Trinajstić information content (AvgIpc) is 2.59. The van der Waals surface area contributed by atoms with Gasteiger partial charge in [0.05, 0.1) is 17.4 Å². The van der Waals surface area contributed by atoms with Crippen LogP contribution in [0, 0.1) is 0 Å². The van der Waals surface area contributed by atoms with Crippen molar-refractivity contribution in [2.24, 2.45) is 0 Å². The Hall–Kier alpha value is -1.62. The van der Waals surface area contributed by atoms with Gasteiger partial charge in [-0.15, -0.1) is 11.3 Å². The maximum Gasteiger partial charge on any atom is 0.252 e. The summed E-state index contributed by atoms with van der Waals surface area (Å²) in [6, 6.07) is 3.06. The minimum atomic E-state index is -0.228. The Morgan fingerprint density at radius 3 is 2.93 bits per heavy atom. The lowest BCUT2D eigenvalue weighted by molar-refractivity contribution is 0.112. The van der Waals surface area contributed by atoms with Crippen LogP contribution in [0.25, 0.3) is 10.2 Å². The highest BCUT2D eigenvalue weighted by Crippen LogP contribution is 2.28. The molecule has 4 nitrogen and oxygen atoms in total. The molecule has 0 unspecified atom stereocenters. The van der Waals surface area contributed by atoms with Crippen molar-refractivity contribution in [2.45, 2.75) is 0 Å². The summed E-state index contributed by atoms with van der Waals surface area (Å²) < 4.78 is 5.04. The van der Waals surface area contributed by atoms with Gasteiger partial charge >= 0.3 is 0 Å². The smallest absolute Gasteiger partial charge is 0.252 e. The molecule has 5 heteroatoms. The number of hydrogen-bond donors (Lipinski definition) is 1. The van der Waals surface area contributed by atoms with Crippen molar-refractivity contribution in [3.8, 4) is 5.75 Å². The first kappa shape index (κ1) is 8.96. The van der Waals surface area contributed by atoms with E-state index in [0.29, 0.717) is 15.5 Å². The SMILES string of the molecule is COc1cc(=O)[nH]c2sc(C=O)cc12. The number of fused-ring (bicyclic) bond motifs is 1. The quantitative estimate of drug-likeness (QED) is 0.761. The molecule has 2 rings (SSSR count). The molecule has 0 bridgehead atoms. The van der Waals surface area contributed by atoms with Crippen LogP contribution in [0.15, 0.2) is 16.9 Å². The number of methoxy groups -OCH3 is 1. The number of pyridine rings is 1. The summed E-state index contributed by atoms with van der Waals surface area (Å²) in [5, 5.41) is 0.763. The van der Waals surface area contributed by atoms with Crippen LogP contribution < -0.4 is 10.3 Å². The van der Waals surface area contributed by atoms with Gasteiger partial charge in [-0.05, 0) is 6.07 Å². The van der Waals surface area contributed by atoms with Gasteiger partial charge in [0.15, 0.2) is 6.29 Å². The molecule has 2 aromatic heterocycles. The Morgan fingerprint density at radius 2 is 2.29 bits per heavy atom. The molecule has 0 aliphatic heterocycles. The Balaban J connectivity index is 2.84. The first-order valence-electron chi connectivity index (χ1n) is 3.90. The normalized spacial score (nSPS) is 10.4. The Kier molecular flexibility index (Phi) is 2.09. The minimum Gasteiger partial charge on any atom is -0.496 e. The lowest BCUT2D eigenvalue weighted by Gasteiger charge is -1.98. The molecule has 1 N–H and O–H groups in total. The summed E-state index contributed by atoms with van der Waals surface area (Å²) >= 11 is 1.24. The van der Waals surface area contributed by atoms with Crippen molar-refractivity contribution in [2.75, 3.05) is 7.11 Å². The maximum atomic E-state index is 11.1. The predicted octanol–water partition coefficient (Wildman–Crippen LogP) is 1.41. The van der Waals surface area contributed by atoms with Gasteiger partial charge in [-0.1, -0.05) is 0 Å². The molecular formula is C9H7NO3S. The van der Waals surface area contributed by atoms with Gasteiger partial charge in [0.1, 0.15) is 10.6 Å². The zero-order valence-electron chi connectivity index (χ0n) is 7.37. The van der Waals surface area contributed by atoms with E-state index in [2.05, 4.69) is 4.98 Å². The van der Waals surface area contributed by atoms with E-state index in [4.69, 9.17) is 4.74 Å². The fraction of sp³-hybridized carbons (Fsp3) is 0.111. The van der Waals surface area contributed by atoms with Crippen LogP contribution >= 0.6 is 11.3 Å². The van der Waals surface area contributed by atoms with Crippen LogP contribution in [-0.4, -0.2) is 18.4 Å². The number of hydrogen-bond acceptors (Lipinski definition) is 4. The molecule has 0 radical (unpaired) electrons. The molecule has 0 aromatic carbocycles. The van der Waals surface area contributed by atoms with E-state index >= 15 is 0 Å². The highest BCUT2D eigenvalue weighted by molar-refractivity contribution is 7.20. The fourth-order valence-electron chi connectivity index (χ4n) is 1.26. The number of thiophene rings is 1. The number of H-pyrrole nitrogens is 1. The van der Waals surface area contributed by atoms with Crippen LogP contribution in [-0.2, 0) is 0 Å². The third-order valence-electron chi connectivity index (χ3n) is 1.85. The third-order valence-corrected chi connectivity index (χ3v) is 2.83. The van der Waals surface area contributed by atoms with Crippen molar-refractivity contribution < 1.29 is 9.53 Å². The molecule has 0 saturated heterocycles. The number of aldehydes is 1. The molecule has 72 valence electrons. The molecular weight excluding hydrogens is 202 g/mol. The Labute approximate surface area is 83.1 Å². The number of carbonyl (C=O) groups is 1. The largest absolute Gasteiger partial charge is 0.496 e. The molecule has 2 aromatic rings. The molecule has 0 saturated carbocycles. The highest BCUT2D eigenvalue weighted by Gasteiger charge is 2.07. The second-order valence-electron chi connectivity index (χ2n) is 2.71. The van der Waals surface area contributed by atoms with Crippen LogP contribution in [0.2, 0.25) is 0 Å². The second-order valence-corrected chi connectivity index (χ2v) is 3.80. The summed E-state index contributed by atoms with van der Waals surface area (Å²) in [6.07, 6.45) is 0.752. The van der Waals surface area contributed by atoms with E-state index in [-0.39, 0.29) is 5.56 Å². The Morgan fingerprint density at radius 1 is 1.50 bits per heavy atom. The van der Waals surface area contributed by atoms with Gasteiger partial charge in [-0.2, -0.15) is 0 Å². The monoisotopic (exact) mass is 209 g/mol. The van der Waals surface area contributed by atoms with Crippen molar-refractivity contribution in [3.05, 3.63) is 27.4 Å². The van der Waals surface area contributed by atoms with E-state index in [9.17, 15) is 9.59 Å². The molecule has 0 fully saturated rings. The highest BCUT2D eigenvalue weighted by atomic mass is 32.1. The van der Waals surface area contributed by atoms with Crippen LogP contribution in [0.5, 0.6) is 5.75 Å². The molecule has 0 spiro atoms. The number of nitrogens with one attached hydrogen (secondary N) is 1. The summed E-state index contributed by atoms with van der Waals surface area (Å²) in [4.78, 5) is 25.6. The van der Waals surface area contributed by atoms with E-state index in [0.717, 1.165) is 11.7 Å². The first-order chi connectivity index (χ1) is 6.74. The van der Waals surface area contributed by atoms with Gasteiger partial charge in [0, 0.05) is 6.07 Å². The third kappa shape index (κ3) is 1.31. The van der Waals surface area contributed by atoms with Gasteiger partial charge < -0.3 is 9.72 Å². The summed E-state index contributed by atoms with van der Waals surface area (Å²) in [5.41, 5.74) is -0.228. The van der Waals surface area contributed by atoms with Crippen LogP contribution in [0.1, 0.15) is 9.67 Å². The van der Waals surface area contributed by atoms with Gasteiger partial charge in [-0.3, -0.25) is 9.59 Å². The summed E-state index contributed by atoms with van der Waals surface area (Å²) in [6.45, 7) is 0. The van der Waals surface area contributed by atoms with Gasteiger partial charge in [0.25, 0.3) is 5.56 Å². The molecule has 2 heterocycles. The number of aromatic amines is 1.